The summed E-state index contributed by atoms with van der Waals surface area (Å²) >= 11 is 0. The second-order valence-electron chi connectivity index (χ2n) is 4.04. The van der Waals surface area contributed by atoms with Gasteiger partial charge in [-0.05, 0) is 26.0 Å². The van der Waals surface area contributed by atoms with Crippen LogP contribution in [0.5, 0.6) is 0 Å². The molecular weight excluding hydrogens is 244 g/mol. The van der Waals surface area contributed by atoms with E-state index in [1.807, 2.05) is 38.1 Å². The predicted molar refractivity (Wildman–Crippen MR) is 73.0 cm³/mol. The number of hydrogen-bond donors (Lipinski definition) is 0. The summed E-state index contributed by atoms with van der Waals surface area (Å²) < 4.78 is 12.6. The van der Waals surface area contributed by atoms with E-state index in [0.29, 0.717) is 19.8 Å². The van der Waals surface area contributed by atoms with Gasteiger partial charge in [0.25, 0.3) is 5.56 Å². The van der Waals surface area contributed by atoms with Gasteiger partial charge in [0.2, 0.25) is 0 Å². The minimum atomic E-state index is -0.418. The summed E-state index contributed by atoms with van der Waals surface area (Å²) in [5.74, 6) is 0. The quantitative estimate of drug-likeness (QED) is 0.745. The molecule has 0 fully saturated rings. The lowest BCUT2D eigenvalue weighted by Crippen LogP contribution is -2.30. The van der Waals surface area contributed by atoms with E-state index in [2.05, 4.69) is 4.98 Å². The Morgan fingerprint density at radius 1 is 1.21 bits per heavy atom. The van der Waals surface area contributed by atoms with E-state index in [0.717, 1.165) is 11.0 Å². The average Bonchev–Trinajstić information content (AvgIpc) is 2.42. The summed E-state index contributed by atoms with van der Waals surface area (Å²) in [5, 5.41) is 0. The molecule has 0 radical (unpaired) electrons. The van der Waals surface area contributed by atoms with Crippen LogP contribution in [-0.4, -0.2) is 29.1 Å². The summed E-state index contributed by atoms with van der Waals surface area (Å²) in [5.41, 5.74) is 1.43. The van der Waals surface area contributed by atoms with Crippen LogP contribution in [0.15, 0.2) is 35.3 Å². The number of hydrogen-bond acceptors (Lipinski definition) is 4. The van der Waals surface area contributed by atoms with E-state index in [1.54, 1.807) is 4.57 Å². The SMILES string of the molecule is CCOC(Cn1c(=O)cnc2ccccc21)OCC. The average molecular weight is 262 g/mol. The fraction of sp³-hybridized carbons (Fsp3) is 0.429. The Balaban J connectivity index is 2.37. The minimum Gasteiger partial charge on any atom is -0.351 e. The molecule has 1 heterocycles. The molecule has 1 aromatic carbocycles. The van der Waals surface area contributed by atoms with Crippen LogP contribution in [0.25, 0.3) is 11.0 Å². The molecule has 0 aliphatic carbocycles. The van der Waals surface area contributed by atoms with Gasteiger partial charge in [0.05, 0.1) is 23.8 Å². The second kappa shape index (κ2) is 6.45. The molecule has 102 valence electrons. The molecule has 1 aromatic heterocycles. The number of para-hydroxylation sites is 2. The van der Waals surface area contributed by atoms with Crippen molar-refractivity contribution in [3.63, 3.8) is 0 Å². The Hall–Kier alpha value is -1.72. The van der Waals surface area contributed by atoms with E-state index >= 15 is 0 Å². The fourth-order valence-electron chi connectivity index (χ4n) is 1.98. The molecule has 5 heteroatoms. The zero-order chi connectivity index (χ0) is 13.7. The Morgan fingerprint density at radius 3 is 2.58 bits per heavy atom. The molecule has 0 atom stereocenters. The third-order valence-electron chi connectivity index (χ3n) is 2.79. The molecule has 19 heavy (non-hydrogen) atoms. The maximum atomic E-state index is 12.0. The van der Waals surface area contributed by atoms with Crippen LogP contribution in [-0.2, 0) is 16.0 Å². The normalized spacial score (nSPS) is 11.3. The van der Waals surface area contributed by atoms with Crippen LogP contribution in [0.2, 0.25) is 0 Å². The van der Waals surface area contributed by atoms with Crippen molar-refractivity contribution < 1.29 is 9.47 Å². The standard InChI is InChI=1S/C14H18N2O3/c1-3-18-14(19-4-2)10-16-12-8-6-5-7-11(12)15-9-13(16)17/h5-9,14H,3-4,10H2,1-2H3. The number of benzene rings is 1. The van der Waals surface area contributed by atoms with Crippen molar-refractivity contribution in [3.8, 4) is 0 Å². The van der Waals surface area contributed by atoms with Gasteiger partial charge in [-0.15, -0.1) is 0 Å². The maximum Gasteiger partial charge on any atom is 0.269 e. The highest BCUT2D eigenvalue weighted by molar-refractivity contribution is 5.74. The molecule has 0 amide bonds. The van der Waals surface area contributed by atoms with Gasteiger partial charge in [-0.25, -0.2) is 4.98 Å². The van der Waals surface area contributed by atoms with Crippen molar-refractivity contribution >= 4 is 11.0 Å². The summed E-state index contributed by atoms with van der Waals surface area (Å²) in [6.07, 6.45) is 0.913. The van der Waals surface area contributed by atoms with E-state index in [-0.39, 0.29) is 5.56 Å². The Kier molecular flexibility index (Phi) is 4.65. The Bertz CT molecular complexity index is 589. The number of rotatable bonds is 6. The highest BCUT2D eigenvalue weighted by Gasteiger charge is 2.12. The van der Waals surface area contributed by atoms with E-state index in [1.165, 1.54) is 6.20 Å². The molecule has 0 saturated heterocycles. The van der Waals surface area contributed by atoms with Gasteiger partial charge in [0.1, 0.15) is 0 Å². The molecule has 0 unspecified atom stereocenters. The van der Waals surface area contributed by atoms with Gasteiger partial charge in [0.15, 0.2) is 6.29 Å². The lowest BCUT2D eigenvalue weighted by Gasteiger charge is -2.19. The molecule has 0 aliphatic rings. The summed E-state index contributed by atoms with van der Waals surface area (Å²) in [6, 6.07) is 7.53. The highest BCUT2D eigenvalue weighted by atomic mass is 16.7. The van der Waals surface area contributed by atoms with Gasteiger partial charge in [-0.1, -0.05) is 12.1 Å². The largest absolute Gasteiger partial charge is 0.351 e. The van der Waals surface area contributed by atoms with Crippen LogP contribution in [0, 0.1) is 0 Å². The van der Waals surface area contributed by atoms with Crippen molar-refractivity contribution in [3.05, 3.63) is 40.8 Å². The maximum absolute atomic E-state index is 12.0. The first-order valence-electron chi connectivity index (χ1n) is 6.44. The highest BCUT2D eigenvalue weighted by Crippen LogP contribution is 2.10. The first-order valence-corrected chi connectivity index (χ1v) is 6.44. The third-order valence-corrected chi connectivity index (χ3v) is 2.79. The zero-order valence-corrected chi connectivity index (χ0v) is 11.2. The predicted octanol–water partition coefficient (Wildman–Crippen LogP) is 1.80. The van der Waals surface area contributed by atoms with Crippen LogP contribution >= 0.6 is 0 Å². The van der Waals surface area contributed by atoms with Crippen molar-refractivity contribution in [1.29, 1.82) is 0 Å². The first-order chi connectivity index (χ1) is 9.26. The number of ether oxygens (including phenoxy) is 2. The monoisotopic (exact) mass is 262 g/mol. The smallest absolute Gasteiger partial charge is 0.269 e. The molecule has 0 aliphatic heterocycles. The van der Waals surface area contributed by atoms with E-state index < -0.39 is 6.29 Å². The molecule has 2 aromatic rings. The lowest BCUT2D eigenvalue weighted by atomic mass is 10.3. The van der Waals surface area contributed by atoms with Gasteiger partial charge >= 0.3 is 0 Å². The molecule has 2 rings (SSSR count). The molecule has 0 saturated carbocycles. The van der Waals surface area contributed by atoms with Crippen LogP contribution in [0.4, 0.5) is 0 Å². The van der Waals surface area contributed by atoms with Crippen molar-refractivity contribution in [2.45, 2.75) is 26.7 Å². The van der Waals surface area contributed by atoms with Crippen LogP contribution in [0.1, 0.15) is 13.8 Å². The molecule has 5 nitrogen and oxygen atoms in total. The molecule has 0 bridgehead atoms. The summed E-state index contributed by atoms with van der Waals surface area (Å²) in [7, 11) is 0. The summed E-state index contributed by atoms with van der Waals surface area (Å²) in [6.45, 7) is 5.26. The summed E-state index contributed by atoms with van der Waals surface area (Å²) in [4.78, 5) is 16.1. The molecule has 0 spiro atoms. The zero-order valence-electron chi connectivity index (χ0n) is 11.2. The molecular formula is C14H18N2O3. The second-order valence-corrected chi connectivity index (χ2v) is 4.04. The number of aromatic nitrogens is 2. The van der Waals surface area contributed by atoms with Crippen molar-refractivity contribution in [2.24, 2.45) is 0 Å². The Morgan fingerprint density at radius 2 is 1.89 bits per heavy atom. The number of nitrogens with zero attached hydrogens (tertiary/aromatic N) is 2. The van der Waals surface area contributed by atoms with Gasteiger partial charge in [-0.3, -0.25) is 4.79 Å². The third kappa shape index (κ3) is 3.19. The van der Waals surface area contributed by atoms with E-state index in [4.69, 9.17) is 9.47 Å². The van der Waals surface area contributed by atoms with Crippen molar-refractivity contribution in [2.75, 3.05) is 13.2 Å². The Labute approximate surface area is 111 Å². The van der Waals surface area contributed by atoms with Crippen LogP contribution < -0.4 is 5.56 Å². The minimum absolute atomic E-state index is 0.150. The molecule has 0 N–H and O–H groups in total. The first kappa shape index (κ1) is 13.7. The van der Waals surface area contributed by atoms with Crippen molar-refractivity contribution in [1.82, 2.24) is 9.55 Å². The lowest BCUT2D eigenvalue weighted by molar-refractivity contribution is -0.143. The fourth-order valence-corrected chi connectivity index (χ4v) is 1.98. The number of fused-ring (bicyclic) bond motifs is 1. The van der Waals surface area contributed by atoms with Gasteiger partial charge in [0, 0.05) is 13.2 Å². The topological polar surface area (TPSA) is 53.4 Å². The van der Waals surface area contributed by atoms with E-state index in [9.17, 15) is 4.79 Å². The van der Waals surface area contributed by atoms with Gasteiger partial charge < -0.3 is 14.0 Å². The van der Waals surface area contributed by atoms with Gasteiger partial charge in [-0.2, -0.15) is 0 Å². The van der Waals surface area contributed by atoms with Crippen LogP contribution in [0.3, 0.4) is 0 Å².